The molecule has 1 aliphatic heterocycles. The number of rotatable bonds is 4. The average molecular weight is 315 g/mol. The van der Waals surface area contributed by atoms with E-state index in [1.807, 2.05) is 22.6 Å². The van der Waals surface area contributed by atoms with Crippen molar-refractivity contribution in [1.82, 2.24) is 4.90 Å². The fourth-order valence-corrected chi connectivity index (χ4v) is 4.17. The van der Waals surface area contributed by atoms with Crippen LogP contribution in [-0.4, -0.2) is 43.8 Å². The van der Waals surface area contributed by atoms with Gasteiger partial charge in [0.2, 0.25) is 0 Å². The van der Waals surface area contributed by atoms with Crippen LogP contribution < -0.4 is 0 Å². The maximum atomic E-state index is 12.6. The molecule has 0 N–H and O–H groups in total. The van der Waals surface area contributed by atoms with E-state index in [9.17, 15) is 13.2 Å². The van der Waals surface area contributed by atoms with Gasteiger partial charge in [-0.3, -0.25) is 4.79 Å². The topological polar surface area (TPSA) is 54.5 Å². The quantitative estimate of drug-likeness (QED) is 0.858. The maximum absolute atomic E-state index is 12.6. The third kappa shape index (κ3) is 3.82. The van der Waals surface area contributed by atoms with Crippen LogP contribution in [-0.2, 0) is 9.84 Å². The van der Waals surface area contributed by atoms with Crippen molar-refractivity contribution in [2.75, 3.05) is 18.6 Å². The zero-order valence-corrected chi connectivity index (χ0v) is 13.6. The predicted molar refractivity (Wildman–Crippen MR) is 82.1 cm³/mol. The Labute approximate surface area is 124 Å². The fraction of sp³-hybridized carbons (Fsp3) is 0.643. The van der Waals surface area contributed by atoms with Gasteiger partial charge < -0.3 is 4.90 Å². The second-order valence-electron chi connectivity index (χ2n) is 5.54. The Balaban J connectivity index is 2.11. The Morgan fingerprint density at radius 3 is 2.75 bits per heavy atom. The SMILES string of the molecule is Cc1cscc1C(=O)N1CCCCC1CCS(C)(=O)=O. The fourth-order valence-electron chi connectivity index (χ4n) is 2.65. The van der Waals surface area contributed by atoms with Crippen LogP contribution in [0.25, 0.3) is 0 Å². The van der Waals surface area contributed by atoms with Crippen molar-refractivity contribution >= 4 is 27.1 Å². The van der Waals surface area contributed by atoms with Crippen LogP contribution in [0.15, 0.2) is 10.8 Å². The molecule has 1 saturated heterocycles. The van der Waals surface area contributed by atoms with Crippen molar-refractivity contribution < 1.29 is 13.2 Å². The molecule has 0 radical (unpaired) electrons. The van der Waals surface area contributed by atoms with Gasteiger partial charge in [-0.15, -0.1) is 0 Å². The molecule has 2 rings (SSSR count). The molecule has 1 amide bonds. The third-order valence-electron chi connectivity index (χ3n) is 3.80. The highest BCUT2D eigenvalue weighted by atomic mass is 32.2. The van der Waals surface area contributed by atoms with Crippen molar-refractivity contribution in [1.29, 1.82) is 0 Å². The zero-order chi connectivity index (χ0) is 14.8. The van der Waals surface area contributed by atoms with Gasteiger partial charge in [0, 0.05) is 24.2 Å². The Hall–Kier alpha value is -0.880. The van der Waals surface area contributed by atoms with Gasteiger partial charge in [0.15, 0.2) is 0 Å². The lowest BCUT2D eigenvalue weighted by molar-refractivity contribution is 0.0608. The van der Waals surface area contributed by atoms with Crippen LogP contribution >= 0.6 is 11.3 Å². The summed E-state index contributed by atoms with van der Waals surface area (Å²) in [4.78, 5) is 14.5. The highest BCUT2D eigenvalue weighted by Gasteiger charge is 2.28. The molecule has 6 heteroatoms. The van der Waals surface area contributed by atoms with Crippen LogP contribution in [0, 0.1) is 6.92 Å². The summed E-state index contributed by atoms with van der Waals surface area (Å²) in [5, 5.41) is 3.86. The smallest absolute Gasteiger partial charge is 0.255 e. The molecule has 2 heterocycles. The number of amides is 1. The predicted octanol–water partition coefficient (Wildman–Crippen LogP) is 2.49. The molecule has 0 spiro atoms. The van der Waals surface area contributed by atoms with E-state index < -0.39 is 9.84 Å². The number of piperidine rings is 1. The Morgan fingerprint density at radius 1 is 1.40 bits per heavy atom. The summed E-state index contributed by atoms with van der Waals surface area (Å²) in [7, 11) is -2.97. The molecule has 1 aliphatic rings. The Bertz CT molecular complexity index is 577. The highest BCUT2D eigenvalue weighted by Crippen LogP contribution is 2.24. The van der Waals surface area contributed by atoms with Crippen LogP contribution in [0.4, 0.5) is 0 Å². The number of sulfone groups is 1. The minimum atomic E-state index is -2.97. The van der Waals surface area contributed by atoms with Crippen LogP contribution in [0.1, 0.15) is 41.6 Å². The lowest BCUT2D eigenvalue weighted by Gasteiger charge is -2.35. The normalized spacial score (nSPS) is 20.1. The Kier molecular flexibility index (Phi) is 4.86. The number of hydrogen-bond donors (Lipinski definition) is 0. The summed E-state index contributed by atoms with van der Waals surface area (Å²) < 4.78 is 22.7. The van der Waals surface area contributed by atoms with E-state index in [2.05, 4.69) is 0 Å². The number of hydrogen-bond acceptors (Lipinski definition) is 4. The first-order chi connectivity index (χ1) is 9.38. The molecule has 0 aromatic carbocycles. The minimum absolute atomic E-state index is 0.0574. The molecule has 20 heavy (non-hydrogen) atoms. The van der Waals surface area contributed by atoms with Crippen molar-refractivity contribution in [3.63, 3.8) is 0 Å². The number of aryl methyl sites for hydroxylation is 1. The van der Waals surface area contributed by atoms with Gasteiger partial charge in [0.25, 0.3) is 5.91 Å². The first kappa shape index (κ1) is 15.5. The van der Waals surface area contributed by atoms with Crippen LogP contribution in [0.3, 0.4) is 0 Å². The van der Waals surface area contributed by atoms with Crippen molar-refractivity contribution in [2.24, 2.45) is 0 Å². The molecular weight excluding hydrogens is 294 g/mol. The lowest BCUT2D eigenvalue weighted by atomic mass is 9.99. The standard InChI is InChI=1S/C14H21NO3S2/c1-11-9-19-10-13(11)14(16)15-7-4-3-5-12(15)6-8-20(2,17)18/h9-10,12H,3-8H2,1-2H3. The molecule has 1 fully saturated rings. The second kappa shape index (κ2) is 6.26. The second-order valence-corrected chi connectivity index (χ2v) is 8.54. The Morgan fingerprint density at radius 2 is 2.15 bits per heavy atom. The summed E-state index contributed by atoms with van der Waals surface area (Å²) in [6, 6.07) is 0.0604. The van der Waals surface area contributed by atoms with E-state index in [1.54, 1.807) is 0 Å². The van der Waals surface area contributed by atoms with Gasteiger partial charge in [0.05, 0.1) is 11.3 Å². The number of nitrogens with zero attached hydrogens (tertiary/aromatic N) is 1. The molecule has 0 aliphatic carbocycles. The first-order valence-electron chi connectivity index (χ1n) is 6.90. The van der Waals surface area contributed by atoms with Crippen LogP contribution in [0.2, 0.25) is 0 Å². The van der Waals surface area contributed by atoms with E-state index >= 15 is 0 Å². The molecule has 1 atom stereocenters. The number of likely N-dealkylation sites (tertiary alicyclic amines) is 1. The van der Waals surface area contributed by atoms with E-state index in [1.165, 1.54) is 17.6 Å². The van der Waals surface area contributed by atoms with Crippen molar-refractivity contribution in [3.8, 4) is 0 Å². The molecule has 0 bridgehead atoms. The maximum Gasteiger partial charge on any atom is 0.255 e. The van der Waals surface area contributed by atoms with Crippen molar-refractivity contribution in [2.45, 2.75) is 38.6 Å². The molecule has 1 aromatic rings. The van der Waals surface area contributed by atoms with E-state index in [4.69, 9.17) is 0 Å². The largest absolute Gasteiger partial charge is 0.336 e. The molecule has 1 unspecified atom stereocenters. The summed E-state index contributed by atoms with van der Waals surface area (Å²) in [5.74, 6) is 0.214. The summed E-state index contributed by atoms with van der Waals surface area (Å²) in [6.07, 6.45) is 4.79. The van der Waals surface area contributed by atoms with Crippen LogP contribution in [0.5, 0.6) is 0 Å². The van der Waals surface area contributed by atoms with Gasteiger partial charge in [-0.05, 0) is 43.6 Å². The minimum Gasteiger partial charge on any atom is -0.336 e. The van der Waals surface area contributed by atoms with E-state index in [0.717, 1.165) is 36.9 Å². The van der Waals surface area contributed by atoms with Gasteiger partial charge in [-0.1, -0.05) is 0 Å². The summed E-state index contributed by atoms with van der Waals surface area (Å²) >= 11 is 1.53. The molecule has 0 saturated carbocycles. The highest BCUT2D eigenvalue weighted by molar-refractivity contribution is 7.90. The first-order valence-corrected chi connectivity index (χ1v) is 9.90. The van der Waals surface area contributed by atoms with E-state index in [-0.39, 0.29) is 17.7 Å². The van der Waals surface area contributed by atoms with E-state index in [0.29, 0.717) is 6.42 Å². The summed E-state index contributed by atoms with van der Waals surface area (Å²) in [5.41, 5.74) is 1.77. The molecule has 1 aromatic heterocycles. The molecule has 112 valence electrons. The van der Waals surface area contributed by atoms with Crippen molar-refractivity contribution in [3.05, 3.63) is 21.9 Å². The number of thiophene rings is 1. The van der Waals surface area contributed by atoms with Gasteiger partial charge in [0.1, 0.15) is 9.84 Å². The third-order valence-corrected chi connectivity index (χ3v) is 5.63. The average Bonchev–Trinajstić information content (AvgIpc) is 2.81. The van der Waals surface area contributed by atoms with Gasteiger partial charge in [-0.2, -0.15) is 11.3 Å². The number of carbonyl (C=O) groups excluding carboxylic acids is 1. The number of carbonyl (C=O) groups is 1. The zero-order valence-electron chi connectivity index (χ0n) is 12.0. The molecule has 4 nitrogen and oxygen atoms in total. The lowest BCUT2D eigenvalue weighted by Crippen LogP contribution is -2.44. The van der Waals surface area contributed by atoms with Gasteiger partial charge >= 0.3 is 0 Å². The summed E-state index contributed by atoms with van der Waals surface area (Å²) in [6.45, 7) is 2.68. The monoisotopic (exact) mass is 315 g/mol. The van der Waals surface area contributed by atoms with Gasteiger partial charge in [-0.25, -0.2) is 8.42 Å². The molecular formula is C14H21NO3S2.